The van der Waals surface area contributed by atoms with Gasteiger partial charge in [0.1, 0.15) is 0 Å². The molecular weight excluding hydrogens is 260 g/mol. The minimum Gasteiger partial charge on any atom is -0.358 e. The summed E-state index contributed by atoms with van der Waals surface area (Å²) in [7, 11) is 0. The molecule has 112 valence electrons. The van der Waals surface area contributed by atoms with Crippen molar-refractivity contribution in [2.24, 2.45) is 5.92 Å². The van der Waals surface area contributed by atoms with Crippen LogP contribution < -0.4 is 0 Å². The van der Waals surface area contributed by atoms with Gasteiger partial charge in [0, 0.05) is 22.2 Å². The number of aromatic nitrogens is 1. The first-order valence-corrected chi connectivity index (χ1v) is 7.93. The standard InChI is InChI=1S/C18H24N2O/c1-12-8-10-20(11-9-12)14(3)18(21)17-13(2)19-16-7-5-4-6-15(16)17/h4-7,12,14,19H,8-11H2,1-3H3/t14-/m1/s1. The van der Waals surface area contributed by atoms with Crippen molar-refractivity contribution in [1.82, 2.24) is 9.88 Å². The van der Waals surface area contributed by atoms with Crippen LogP contribution >= 0.6 is 0 Å². The third kappa shape index (κ3) is 2.62. The van der Waals surface area contributed by atoms with Crippen molar-refractivity contribution in [3.05, 3.63) is 35.5 Å². The molecule has 3 nitrogen and oxygen atoms in total. The summed E-state index contributed by atoms with van der Waals surface area (Å²) in [5.74, 6) is 1.04. The normalized spacial score (nSPS) is 19.0. The number of likely N-dealkylation sites (tertiary alicyclic amines) is 1. The lowest BCUT2D eigenvalue weighted by molar-refractivity contribution is 0.0780. The molecule has 0 saturated carbocycles. The highest BCUT2D eigenvalue weighted by Gasteiger charge is 2.28. The molecule has 0 unspecified atom stereocenters. The van der Waals surface area contributed by atoms with E-state index in [9.17, 15) is 4.79 Å². The van der Waals surface area contributed by atoms with Gasteiger partial charge in [-0.3, -0.25) is 9.69 Å². The van der Waals surface area contributed by atoms with E-state index in [-0.39, 0.29) is 11.8 Å². The van der Waals surface area contributed by atoms with Crippen LogP contribution in [0.2, 0.25) is 0 Å². The zero-order valence-corrected chi connectivity index (χ0v) is 13.1. The number of H-pyrrole nitrogens is 1. The summed E-state index contributed by atoms with van der Waals surface area (Å²) in [6.07, 6.45) is 2.40. The Labute approximate surface area is 126 Å². The third-order valence-corrected chi connectivity index (χ3v) is 4.89. The van der Waals surface area contributed by atoms with Crippen molar-refractivity contribution in [2.45, 2.75) is 39.7 Å². The Balaban J connectivity index is 1.88. The van der Waals surface area contributed by atoms with Crippen LogP contribution in [0.3, 0.4) is 0 Å². The zero-order chi connectivity index (χ0) is 15.0. The fourth-order valence-corrected chi connectivity index (χ4v) is 3.38. The lowest BCUT2D eigenvalue weighted by atomic mass is 9.95. The number of nitrogens with one attached hydrogen (secondary N) is 1. The molecule has 2 aromatic rings. The van der Waals surface area contributed by atoms with Crippen molar-refractivity contribution in [3.63, 3.8) is 0 Å². The Kier molecular flexibility index (Phi) is 3.85. The average Bonchev–Trinajstić information content (AvgIpc) is 2.82. The number of fused-ring (bicyclic) bond motifs is 1. The molecule has 0 radical (unpaired) electrons. The van der Waals surface area contributed by atoms with E-state index in [4.69, 9.17) is 0 Å². The number of carbonyl (C=O) groups excluding carboxylic acids is 1. The van der Waals surface area contributed by atoms with Crippen molar-refractivity contribution in [1.29, 1.82) is 0 Å². The number of hydrogen-bond acceptors (Lipinski definition) is 2. The summed E-state index contributed by atoms with van der Waals surface area (Å²) >= 11 is 0. The molecule has 2 heterocycles. The molecule has 1 N–H and O–H groups in total. The van der Waals surface area contributed by atoms with Crippen LogP contribution in [0.25, 0.3) is 10.9 Å². The highest BCUT2D eigenvalue weighted by Crippen LogP contribution is 2.26. The molecule has 1 aromatic carbocycles. The molecule has 1 aliphatic heterocycles. The number of carbonyl (C=O) groups is 1. The Morgan fingerprint density at radius 2 is 1.95 bits per heavy atom. The highest BCUT2D eigenvalue weighted by atomic mass is 16.1. The van der Waals surface area contributed by atoms with Gasteiger partial charge >= 0.3 is 0 Å². The first-order valence-electron chi connectivity index (χ1n) is 7.93. The molecule has 0 aliphatic carbocycles. The molecule has 1 fully saturated rings. The number of nitrogens with zero attached hydrogens (tertiary/aromatic N) is 1. The fourth-order valence-electron chi connectivity index (χ4n) is 3.38. The first-order chi connectivity index (χ1) is 10.1. The third-order valence-electron chi connectivity index (χ3n) is 4.89. The van der Waals surface area contributed by atoms with E-state index in [1.165, 1.54) is 12.8 Å². The second kappa shape index (κ2) is 5.64. The van der Waals surface area contributed by atoms with Crippen molar-refractivity contribution in [3.8, 4) is 0 Å². The van der Waals surface area contributed by atoms with Gasteiger partial charge in [-0.2, -0.15) is 0 Å². The molecule has 1 saturated heterocycles. The summed E-state index contributed by atoms with van der Waals surface area (Å²) in [5.41, 5.74) is 2.91. The van der Waals surface area contributed by atoms with E-state index in [0.29, 0.717) is 0 Å². The second-order valence-corrected chi connectivity index (χ2v) is 6.43. The fraction of sp³-hybridized carbons (Fsp3) is 0.500. The molecule has 0 amide bonds. The first kappa shape index (κ1) is 14.3. The summed E-state index contributed by atoms with van der Waals surface area (Å²) in [6, 6.07) is 8.04. The van der Waals surface area contributed by atoms with Gasteiger partial charge in [-0.05, 0) is 51.8 Å². The van der Waals surface area contributed by atoms with Crippen molar-refractivity contribution in [2.75, 3.05) is 13.1 Å². The molecule has 1 aliphatic rings. The zero-order valence-electron chi connectivity index (χ0n) is 13.1. The van der Waals surface area contributed by atoms with Crippen LogP contribution in [0.4, 0.5) is 0 Å². The van der Waals surface area contributed by atoms with E-state index in [2.05, 4.69) is 23.7 Å². The van der Waals surface area contributed by atoms with Gasteiger partial charge < -0.3 is 4.98 Å². The van der Waals surface area contributed by atoms with Crippen LogP contribution in [-0.2, 0) is 0 Å². The van der Waals surface area contributed by atoms with E-state index in [0.717, 1.165) is 41.2 Å². The Hall–Kier alpha value is -1.61. The predicted octanol–water partition coefficient (Wildman–Crippen LogP) is 3.78. The number of piperidine rings is 1. The van der Waals surface area contributed by atoms with Gasteiger partial charge in [0.05, 0.1) is 6.04 Å². The number of aryl methyl sites for hydroxylation is 1. The maximum absolute atomic E-state index is 13.0. The van der Waals surface area contributed by atoms with E-state index >= 15 is 0 Å². The number of benzene rings is 1. The van der Waals surface area contributed by atoms with Gasteiger partial charge in [0.25, 0.3) is 0 Å². The Bertz CT molecular complexity index is 650. The summed E-state index contributed by atoms with van der Waals surface area (Å²) in [4.78, 5) is 18.6. The molecule has 3 heteroatoms. The number of ketones is 1. The van der Waals surface area contributed by atoms with Gasteiger partial charge in [0.2, 0.25) is 0 Å². The minimum absolute atomic E-state index is 0.0320. The maximum atomic E-state index is 13.0. The molecule has 0 bridgehead atoms. The van der Waals surface area contributed by atoms with E-state index in [1.807, 2.05) is 31.2 Å². The maximum Gasteiger partial charge on any atom is 0.182 e. The smallest absolute Gasteiger partial charge is 0.182 e. The van der Waals surface area contributed by atoms with Crippen LogP contribution in [-0.4, -0.2) is 34.8 Å². The molecule has 3 rings (SSSR count). The molecule has 21 heavy (non-hydrogen) atoms. The van der Waals surface area contributed by atoms with Crippen LogP contribution in [0.1, 0.15) is 42.7 Å². The minimum atomic E-state index is -0.0320. The summed E-state index contributed by atoms with van der Waals surface area (Å²) in [5, 5.41) is 1.05. The van der Waals surface area contributed by atoms with Crippen LogP contribution in [0.15, 0.2) is 24.3 Å². The Morgan fingerprint density at radius 3 is 2.67 bits per heavy atom. The van der Waals surface area contributed by atoms with Crippen LogP contribution in [0, 0.1) is 12.8 Å². The van der Waals surface area contributed by atoms with Crippen molar-refractivity contribution >= 4 is 16.7 Å². The molecule has 1 aromatic heterocycles. The number of rotatable bonds is 3. The molecular formula is C18H24N2O. The summed E-state index contributed by atoms with van der Waals surface area (Å²) in [6.45, 7) is 8.43. The van der Waals surface area contributed by atoms with Gasteiger partial charge in [-0.15, -0.1) is 0 Å². The van der Waals surface area contributed by atoms with Crippen molar-refractivity contribution < 1.29 is 4.79 Å². The summed E-state index contributed by atoms with van der Waals surface area (Å²) < 4.78 is 0. The Morgan fingerprint density at radius 1 is 1.29 bits per heavy atom. The number of hydrogen-bond donors (Lipinski definition) is 1. The van der Waals surface area contributed by atoms with E-state index < -0.39 is 0 Å². The van der Waals surface area contributed by atoms with E-state index in [1.54, 1.807) is 0 Å². The molecule has 0 spiro atoms. The quantitative estimate of drug-likeness (QED) is 0.871. The lowest BCUT2D eigenvalue weighted by Gasteiger charge is -2.34. The SMILES string of the molecule is Cc1[nH]c2ccccc2c1C(=O)[C@@H](C)N1CCC(C)CC1. The van der Waals surface area contributed by atoms with Gasteiger partial charge in [0.15, 0.2) is 5.78 Å². The molecule has 1 atom stereocenters. The topological polar surface area (TPSA) is 36.1 Å². The number of para-hydroxylation sites is 1. The number of Topliss-reactive ketones (excluding diaryl/α,β-unsaturated/α-hetero) is 1. The van der Waals surface area contributed by atoms with Gasteiger partial charge in [-0.1, -0.05) is 25.1 Å². The second-order valence-electron chi connectivity index (χ2n) is 6.43. The lowest BCUT2D eigenvalue weighted by Crippen LogP contribution is -2.43. The predicted molar refractivity (Wildman–Crippen MR) is 86.8 cm³/mol. The average molecular weight is 284 g/mol. The monoisotopic (exact) mass is 284 g/mol. The van der Waals surface area contributed by atoms with Crippen LogP contribution in [0.5, 0.6) is 0 Å². The van der Waals surface area contributed by atoms with Gasteiger partial charge in [-0.25, -0.2) is 0 Å². The highest BCUT2D eigenvalue weighted by molar-refractivity contribution is 6.11. The number of aromatic amines is 1. The largest absolute Gasteiger partial charge is 0.358 e.